The van der Waals surface area contributed by atoms with Gasteiger partial charge in [0.2, 0.25) is 0 Å². The lowest BCUT2D eigenvalue weighted by Gasteiger charge is -2.22. The van der Waals surface area contributed by atoms with E-state index in [0.717, 1.165) is 18.9 Å². The zero-order valence-electron chi connectivity index (χ0n) is 14.5. The second kappa shape index (κ2) is 8.50. The predicted octanol–water partition coefficient (Wildman–Crippen LogP) is 5.01. The molecule has 1 heterocycles. The van der Waals surface area contributed by atoms with E-state index in [2.05, 4.69) is 34.3 Å². The van der Waals surface area contributed by atoms with Gasteiger partial charge in [-0.05, 0) is 42.8 Å². The van der Waals surface area contributed by atoms with Crippen molar-refractivity contribution in [2.24, 2.45) is 0 Å². The zero-order chi connectivity index (χ0) is 18.4. The Bertz CT molecular complexity index is 883. The molecule has 3 rings (SSSR count). The lowest BCUT2D eigenvalue weighted by molar-refractivity contribution is 0.102. The van der Waals surface area contributed by atoms with Crippen molar-refractivity contribution in [1.82, 2.24) is 4.98 Å². The number of halogens is 1. The molecule has 0 spiro atoms. The van der Waals surface area contributed by atoms with Crippen LogP contribution in [0.4, 0.5) is 11.5 Å². The van der Waals surface area contributed by atoms with Crippen molar-refractivity contribution in [3.63, 3.8) is 0 Å². The van der Waals surface area contributed by atoms with Crippen molar-refractivity contribution in [1.29, 1.82) is 0 Å². The predicted molar refractivity (Wildman–Crippen MR) is 107 cm³/mol. The van der Waals surface area contributed by atoms with Gasteiger partial charge in [-0.15, -0.1) is 0 Å². The Morgan fingerprint density at radius 1 is 1.08 bits per heavy atom. The normalized spacial score (nSPS) is 10.4. The van der Waals surface area contributed by atoms with Crippen molar-refractivity contribution >= 4 is 29.0 Å². The van der Waals surface area contributed by atoms with Gasteiger partial charge in [-0.1, -0.05) is 48.0 Å². The first-order chi connectivity index (χ1) is 12.7. The Hall–Kier alpha value is -2.85. The molecule has 0 fully saturated rings. The summed E-state index contributed by atoms with van der Waals surface area (Å²) in [7, 11) is 0. The summed E-state index contributed by atoms with van der Waals surface area (Å²) >= 11 is 5.97. The van der Waals surface area contributed by atoms with Crippen molar-refractivity contribution in [3.8, 4) is 0 Å². The fourth-order valence-corrected chi connectivity index (χ4v) is 2.85. The lowest BCUT2D eigenvalue weighted by Crippen LogP contribution is -2.23. The van der Waals surface area contributed by atoms with Crippen molar-refractivity contribution in [3.05, 3.63) is 89.1 Å². The number of amides is 1. The standard InChI is InChI=1S/C21H20ClN3O/c1-2-25(15-16-7-4-3-5-8-16)20-13-17(11-12-23-20)21(26)24-19-10-6-9-18(22)14-19/h3-14H,2,15H2,1H3,(H,24,26). The third-order valence-electron chi connectivity index (χ3n) is 4.01. The van der Waals surface area contributed by atoms with Gasteiger partial charge in [0, 0.05) is 35.6 Å². The molecule has 2 aromatic carbocycles. The molecule has 0 saturated heterocycles. The van der Waals surface area contributed by atoms with Crippen LogP contribution in [0.2, 0.25) is 5.02 Å². The average Bonchev–Trinajstić information content (AvgIpc) is 2.67. The highest BCUT2D eigenvalue weighted by Crippen LogP contribution is 2.19. The van der Waals surface area contributed by atoms with E-state index in [1.807, 2.05) is 24.3 Å². The molecule has 1 N–H and O–H groups in total. The molecular weight excluding hydrogens is 346 g/mol. The number of nitrogens with zero attached hydrogens (tertiary/aromatic N) is 2. The van der Waals surface area contributed by atoms with Crippen LogP contribution in [0.1, 0.15) is 22.8 Å². The maximum absolute atomic E-state index is 12.5. The monoisotopic (exact) mass is 365 g/mol. The smallest absolute Gasteiger partial charge is 0.255 e. The molecular formula is C21H20ClN3O. The minimum Gasteiger partial charge on any atom is -0.353 e. The minimum atomic E-state index is -0.188. The molecule has 0 saturated carbocycles. The number of hydrogen-bond acceptors (Lipinski definition) is 3. The first-order valence-electron chi connectivity index (χ1n) is 8.47. The summed E-state index contributed by atoms with van der Waals surface area (Å²) in [5.74, 6) is 0.585. The van der Waals surface area contributed by atoms with Crippen LogP contribution in [0.3, 0.4) is 0 Å². The maximum atomic E-state index is 12.5. The summed E-state index contributed by atoms with van der Waals surface area (Å²) in [6, 6.07) is 20.8. The molecule has 4 nitrogen and oxygen atoms in total. The van der Waals surface area contributed by atoms with Gasteiger partial charge in [0.1, 0.15) is 5.82 Å². The number of nitrogens with one attached hydrogen (secondary N) is 1. The second-order valence-corrected chi connectivity index (χ2v) is 6.30. The van der Waals surface area contributed by atoms with E-state index in [1.165, 1.54) is 5.56 Å². The van der Waals surface area contributed by atoms with Crippen LogP contribution in [-0.4, -0.2) is 17.4 Å². The summed E-state index contributed by atoms with van der Waals surface area (Å²) in [5.41, 5.74) is 2.42. The molecule has 0 atom stereocenters. The minimum absolute atomic E-state index is 0.188. The van der Waals surface area contributed by atoms with Crippen LogP contribution < -0.4 is 10.2 Å². The number of hydrogen-bond donors (Lipinski definition) is 1. The molecule has 26 heavy (non-hydrogen) atoms. The third kappa shape index (κ3) is 4.61. The Morgan fingerprint density at radius 2 is 1.88 bits per heavy atom. The Kier molecular flexibility index (Phi) is 5.87. The van der Waals surface area contributed by atoms with Crippen LogP contribution in [0.5, 0.6) is 0 Å². The second-order valence-electron chi connectivity index (χ2n) is 5.87. The molecule has 0 aliphatic rings. The van der Waals surface area contributed by atoms with Crippen LogP contribution in [0.15, 0.2) is 72.9 Å². The van der Waals surface area contributed by atoms with Crippen molar-refractivity contribution < 1.29 is 4.79 Å². The van der Waals surface area contributed by atoms with Crippen LogP contribution in [-0.2, 0) is 6.54 Å². The van der Waals surface area contributed by atoms with Crippen LogP contribution in [0.25, 0.3) is 0 Å². The third-order valence-corrected chi connectivity index (χ3v) is 4.25. The van der Waals surface area contributed by atoms with Crippen LogP contribution >= 0.6 is 11.6 Å². The van der Waals surface area contributed by atoms with Crippen molar-refractivity contribution in [2.45, 2.75) is 13.5 Å². The average molecular weight is 366 g/mol. The van der Waals surface area contributed by atoms with Gasteiger partial charge < -0.3 is 10.2 Å². The highest BCUT2D eigenvalue weighted by atomic mass is 35.5. The fraction of sp³-hybridized carbons (Fsp3) is 0.143. The van der Waals surface area contributed by atoms with Gasteiger partial charge in [-0.3, -0.25) is 4.79 Å². The summed E-state index contributed by atoms with van der Waals surface area (Å²) in [6.45, 7) is 3.61. The van der Waals surface area contributed by atoms with Gasteiger partial charge in [0.15, 0.2) is 0 Å². The van der Waals surface area contributed by atoms with E-state index in [-0.39, 0.29) is 5.91 Å². The van der Waals surface area contributed by atoms with Crippen molar-refractivity contribution in [2.75, 3.05) is 16.8 Å². The number of aromatic nitrogens is 1. The largest absolute Gasteiger partial charge is 0.353 e. The molecule has 132 valence electrons. The quantitative estimate of drug-likeness (QED) is 0.667. The van der Waals surface area contributed by atoms with Gasteiger partial charge in [0.25, 0.3) is 5.91 Å². The molecule has 0 unspecified atom stereocenters. The number of rotatable bonds is 6. The molecule has 5 heteroatoms. The summed E-state index contributed by atoms with van der Waals surface area (Å²) in [4.78, 5) is 19.1. The van der Waals surface area contributed by atoms with Gasteiger partial charge in [0.05, 0.1) is 0 Å². The topological polar surface area (TPSA) is 45.2 Å². The van der Waals surface area contributed by atoms with E-state index in [0.29, 0.717) is 16.3 Å². The highest BCUT2D eigenvalue weighted by molar-refractivity contribution is 6.30. The summed E-state index contributed by atoms with van der Waals surface area (Å²) in [6.07, 6.45) is 1.66. The van der Waals surface area contributed by atoms with Crippen LogP contribution in [0, 0.1) is 0 Å². The van der Waals surface area contributed by atoms with E-state index < -0.39 is 0 Å². The first-order valence-corrected chi connectivity index (χ1v) is 8.85. The molecule has 1 amide bonds. The molecule has 1 aromatic heterocycles. The number of pyridine rings is 1. The summed E-state index contributed by atoms with van der Waals surface area (Å²) in [5, 5.41) is 3.44. The molecule has 0 aliphatic carbocycles. The van der Waals surface area contributed by atoms with Gasteiger partial charge in [-0.25, -0.2) is 4.98 Å². The number of benzene rings is 2. The van der Waals surface area contributed by atoms with E-state index in [9.17, 15) is 4.79 Å². The number of carbonyl (C=O) groups is 1. The van der Waals surface area contributed by atoms with E-state index in [4.69, 9.17) is 11.6 Å². The van der Waals surface area contributed by atoms with E-state index in [1.54, 1.807) is 36.5 Å². The summed E-state index contributed by atoms with van der Waals surface area (Å²) < 4.78 is 0. The molecule has 0 aliphatic heterocycles. The Balaban J connectivity index is 1.77. The molecule has 3 aromatic rings. The lowest BCUT2D eigenvalue weighted by atomic mass is 10.2. The van der Waals surface area contributed by atoms with Gasteiger partial charge in [-0.2, -0.15) is 0 Å². The Labute approximate surface area is 158 Å². The highest BCUT2D eigenvalue weighted by Gasteiger charge is 2.12. The fourth-order valence-electron chi connectivity index (χ4n) is 2.66. The number of carbonyl (C=O) groups excluding carboxylic acids is 1. The maximum Gasteiger partial charge on any atom is 0.255 e. The Morgan fingerprint density at radius 3 is 2.62 bits per heavy atom. The molecule has 0 bridgehead atoms. The van der Waals surface area contributed by atoms with Gasteiger partial charge >= 0.3 is 0 Å². The molecule has 0 radical (unpaired) electrons. The zero-order valence-corrected chi connectivity index (χ0v) is 15.3. The number of anilines is 2. The first kappa shape index (κ1) is 18.0. The van der Waals surface area contributed by atoms with E-state index >= 15 is 0 Å². The SMILES string of the molecule is CCN(Cc1ccccc1)c1cc(C(=O)Nc2cccc(Cl)c2)ccn1.